The van der Waals surface area contributed by atoms with Gasteiger partial charge in [-0.3, -0.25) is 0 Å². The molecule has 0 bridgehead atoms. The Morgan fingerprint density at radius 1 is 1.55 bits per heavy atom. The summed E-state index contributed by atoms with van der Waals surface area (Å²) in [5.74, 6) is 0. The van der Waals surface area contributed by atoms with E-state index in [0.29, 0.717) is 5.28 Å². The highest BCUT2D eigenvalue weighted by molar-refractivity contribution is 9.11. The second kappa shape index (κ2) is 2.69. The molecule has 0 fully saturated rings. The zero-order chi connectivity index (χ0) is 7.84. The van der Waals surface area contributed by atoms with E-state index in [1.54, 1.807) is 17.5 Å². The summed E-state index contributed by atoms with van der Waals surface area (Å²) in [5.41, 5.74) is 0. The second-order valence-electron chi connectivity index (χ2n) is 1.95. The van der Waals surface area contributed by atoms with Crippen LogP contribution in [-0.2, 0) is 0 Å². The maximum Gasteiger partial charge on any atom is 0.223 e. The zero-order valence-electron chi connectivity index (χ0n) is 5.21. The SMILES string of the molecule is Clc1ncc2cc(Br)sc2n1. The summed E-state index contributed by atoms with van der Waals surface area (Å²) >= 11 is 10.5. The van der Waals surface area contributed by atoms with Crippen molar-refractivity contribution in [1.29, 1.82) is 0 Å². The van der Waals surface area contributed by atoms with Crippen LogP contribution >= 0.6 is 38.9 Å². The smallest absolute Gasteiger partial charge is 0.223 e. The second-order valence-corrected chi connectivity index (χ2v) is 4.70. The fourth-order valence-electron chi connectivity index (χ4n) is 0.780. The lowest BCUT2D eigenvalue weighted by atomic mass is 10.4. The normalized spacial score (nSPS) is 10.7. The van der Waals surface area contributed by atoms with Crippen LogP contribution in [0.5, 0.6) is 0 Å². The first-order valence-corrected chi connectivity index (χ1v) is 4.82. The van der Waals surface area contributed by atoms with Gasteiger partial charge >= 0.3 is 0 Å². The van der Waals surface area contributed by atoms with E-state index in [-0.39, 0.29) is 0 Å². The molecule has 0 N–H and O–H groups in total. The molecule has 0 saturated heterocycles. The van der Waals surface area contributed by atoms with Crippen molar-refractivity contribution in [2.45, 2.75) is 0 Å². The van der Waals surface area contributed by atoms with E-state index in [0.717, 1.165) is 14.0 Å². The summed E-state index contributed by atoms with van der Waals surface area (Å²) in [6.45, 7) is 0. The van der Waals surface area contributed by atoms with Crippen molar-refractivity contribution in [1.82, 2.24) is 9.97 Å². The van der Waals surface area contributed by atoms with Crippen LogP contribution in [0.25, 0.3) is 10.2 Å². The van der Waals surface area contributed by atoms with Gasteiger partial charge in [0, 0.05) is 11.6 Å². The van der Waals surface area contributed by atoms with Gasteiger partial charge in [-0.1, -0.05) is 0 Å². The van der Waals surface area contributed by atoms with Crippen molar-refractivity contribution in [2.75, 3.05) is 0 Å². The summed E-state index contributed by atoms with van der Waals surface area (Å²) < 4.78 is 1.05. The Bertz CT molecular complexity index is 400. The lowest BCUT2D eigenvalue weighted by Gasteiger charge is -1.86. The monoisotopic (exact) mass is 248 g/mol. The highest BCUT2D eigenvalue weighted by Gasteiger charge is 2.00. The molecule has 2 aromatic rings. The average Bonchev–Trinajstić information content (AvgIpc) is 2.27. The van der Waals surface area contributed by atoms with Gasteiger partial charge in [-0.2, -0.15) is 0 Å². The molecule has 56 valence electrons. The number of fused-ring (bicyclic) bond motifs is 1. The number of hydrogen-bond donors (Lipinski definition) is 0. The molecule has 0 aromatic carbocycles. The molecule has 0 aliphatic carbocycles. The molecule has 0 aliphatic heterocycles. The Balaban J connectivity index is 2.82. The van der Waals surface area contributed by atoms with Gasteiger partial charge in [-0.25, -0.2) is 9.97 Å². The van der Waals surface area contributed by atoms with E-state index in [1.807, 2.05) is 6.07 Å². The van der Waals surface area contributed by atoms with Gasteiger partial charge < -0.3 is 0 Å². The topological polar surface area (TPSA) is 25.8 Å². The van der Waals surface area contributed by atoms with Crippen LogP contribution in [-0.4, -0.2) is 9.97 Å². The van der Waals surface area contributed by atoms with E-state index in [4.69, 9.17) is 11.6 Å². The first-order chi connectivity index (χ1) is 5.25. The molecule has 2 rings (SSSR count). The predicted molar refractivity (Wildman–Crippen MR) is 50.1 cm³/mol. The highest BCUT2D eigenvalue weighted by Crippen LogP contribution is 2.27. The van der Waals surface area contributed by atoms with Gasteiger partial charge in [0.15, 0.2) is 0 Å². The van der Waals surface area contributed by atoms with Gasteiger partial charge in [0.2, 0.25) is 5.28 Å². The Labute approximate surface area is 80.4 Å². The van der Waals surface area contributed by atoms with Crippen molar-refractivity contribution in [3.8, 4) is 0 Å². The molecule has 0 amide bonds. The molecule has 0 aliphatic rings. The molecule has 0 radical (unpaired) electrons. The summed E-state index contributed by atoms with van der Waals surface area (Å²) in [5, 5.41) is 1.32. The van der Waals surface area contributed by atoms with Gasteiger partial charge in [0.1, 0.15) is 4.83 Å². The molecule has 0 saturated carbocycles. The van der Waals surface area contributed by atoms with E-state index < -0.39 is 0 Å². The molecule has 2 heterocycles. The van der Waals surface area contributed by atoms with E-state index in [9.17, 15) is 0 Å². The molecule has 0 unspecified atom stereocenters. The summed E-state index contributed by atoms with van der Waals surface area (Å²) in [6, 6.07) is 1.97. The largest absolute Gasteiger partial charge is 0.226 e. The zero-order valence-corrected chi connectivity index (χ0v) is 8.37. The van der Waals surface area contributed by atoms with Crippen molar-refractivity contribution in [3.05, 3.63) is 21.3 Å². The number of thiophene rings is 1. The molecule has 0 atom stereocenters. The van der Waals surface area contributed by atoms with E-state index in [2.05, 4.69) is 25.9 Å². The van der Waals surface area contributed by atoms with Crippen LogP contribution in [0.2, 0.25) is 5.28 Å². The van der Waals surface area contributed by atoms with E-state index in [1.165, 1.54) is 0 Å². The molecular formula is C6H2BrClN2S. The van der Waals surface area contributed by atoms with Gasteiger partial charge in [-0.15, -0.1) is 11.3 Å². The maximum atomic E-state index is 5.60. The van der Waals surface area contributed by atoms with Gasteiger partial charge in [-0.05, 0) is 33.6 Å². The van der Waals surface area contributed by atoms with Gasteiger partial charge in [0.05, 0.1) is 3.79 Å². The summed E-state index contributed by atoms with van der Waals surface area (Å²) in [7, 11) is 0. The van der Waals surface area contributed by atoms with Crippen LogP contribution in [0.4, 0.5) is 0 Å². The summed E-state index contributed by atoms with van der Waals surface area (Å²) in [4.78, 5) is 8.81. The van der Waals surface area contributed by atoms with Crippen molar-refractivity contribution in [3.63, 3.8) is 0 Å². The Kier molecular flexibility index (Phi) is 1.83. The van der Waals surface area contributed by atoms with Crippen LogP contribution < -0.4 is 0 Å². The van der Waals surface area contributed by atoms with Gasteiger partial charge in [0.25, 0.3) is 0 Å². The molecule has 0 spiro atoms. The van der Waals surface area contributed by atoms with Crippen LogP contribution in [0.15, 0.2) is 16.0 Å². The number of halogens is 2. The maximum absolute atomic E-state index is 5.60. The average molecular weight is 250 g/mol. The fourth-order valence-corrected chi connectivity index (χ4v) is 2.40. The summed E-state index contributed by atoms with van der Waals surface area (Å²) in [6.07, 6.45) is 1.71. The fraction of sp³-hybridized carbons (Fsp3) is 0. The quantitative estimate of drug-likeness (QED) is 0.671. The third-order valence-electron chi connectivity index (χ3n) is 1.21. The van der Waals surface area contributed by atoms with Crippen molar-refractivity contribution >= 4 is 49.1 Å². The van der Waals surface area contributed by atoms with Crippen molar-refractivity contribution < 1.29 is 0 Å². The first-order valence-electron chi connectivity index (χ1n) is 2.83. The third-order valence-corrected chi connectivity index (χ3v) is 2.94. The highest BCUT2D eigenvalue weighted by atomic mass is 79.9. The van der Waals surface area contributed by atoms with Crippen LogP contribution in [0.1, 0.15) is 0 Å². The standard InChI is InChI=1S/C6H2BrClN2S/c7-4-1-3-2-9-6(8)10-5(3)11-4/h1-2H. The Morgan fingerprint density at radius 3 is 3.18 bits per heavy atom. The Hall–Kier alpha value is -0.190. The van der Waals surface area contributed by atoms with Crippen LogP contribution in [0.3, 0.4) is 0 Å². The third kappa shape index (κ3) is 1.38. The lowest BCUT2D eigenvalue weighted by molar-refractivity contribution is 1.23. The number of rotatable bonds is 0. The van der Waals surface area contributed by atoms with Crippen LogP contribution in [0, 0.1) is 0 Å². The van der Waals surface area contributed by atoms with Crippen molar-refractivity contribution in [2.24, 2.45) is 0 Å². The minimum atomic E-state index is 0.298. The predicted octanol–water partition coefficient (Wildman–Crippen LogP) is 3.11. The first kappa shape index (κ1) is 7.46. The Morgan fingerprint density at radius 2 is 2.36 bits per heavy atom. The number of hydrogen-bond acceptors (Lipinski definition) is 3. The molecular weight excluding hydrogens is 248 g/mol. The molecule has 2 nitrogen and oxygen atoms in total. The number of nitrogens with zero attached hydrogens (tertiary/aromatic N) is 2. The number of aromatic nitrogens is 2. The lowest BCUT2D eigenvalue weighted by Crippen LogP contribution is -1.77. The molecule has 11 heavy (non-hydrogen) atoms. The molecule has 2 aromatic heterocycles. The van der Waals surface area contributed by atoms with E-state index >= 15 is 0 Å². The minimum Gasteiger partial charge on any atom is -0.226 e. The minimum absolute atomic E-state index is 0.298. The molecule has 5 heteroatoms.